The van der Waals surface area contributed by atoms with Gasteiger partial charge in [-0.25, -0.2) is 0 Å². The number of nitrogens with one attached hydrogen (secondary N) is 1. The third-order valence-corrected chi connectivity index (χ3v) is 4.34. The number of phenolic OH excluding ortho intramolecular Hbond substituents is 1. The zero-order valence-corrected chi connectivity index (χ0v) is 13.3. The van der Waals surface area contributed by atoms with E-state index in [-0.39, 0.29) is 0 Å². The molecule has 3 nitrogen and oxygen atoms in total. The number of phenols is 1. The lowest BCUT2D eigenvalue weighted by Gasteiger charge is -2.43. The summed E-state index contributed by atoms with van der Waals surface area (Å²) in [7, 11) is 0. The van der Waals surface area contributed by atoms with Crippen molar-refractivity contribution in [2.75, 3.05) is 19.6 Å². The van der Waals surface area contributed by atoms with Gasteiger partial charge >= 0.3 is 0 Å². The molecule has 4 heteroatoms. The number of hydrogen-bond donors (Lipinski definition) is 2. The number of rotatable bonds is 6. The predicted molar refractivity (Wildman–Crippen MR) is 82.5 cm³/mol. The van der Waals surface area contributed by atoms with E-state index in [1.807, 2.05) is 6.07 Å². The third kappa shape index (κ3) is 3.30. The first kappa shape index (κ1) is 14.8. The van der Waals surface area contributed by atoms with Crippen LogP contribution in [0.4, 0.5) is 0 Å². The highest BCUT2D eigenvalue weighted by Crippen LogP contribution is 2.35. The molecule has 0 amide bonds. The topological polar surface area (TPSA) is 35.5 Å². The first-order valence-corrected chi connectivity index (χ1v) is 7.91. The van der Waals surface area contributed by atoms with Gasteiger partial charge in [0.2, 0.25) is 0 Å². The van der Waals surface area contributed by atoms with Crippen LogP contribution in [0.3, 0.4) is 0 Å². The van der Waals surface area contributed by atoms with E-state index < -0.39 is 0 Å². The Morgan fingerprint density at radius 2 is 2.16 bits per heavy atom. The maximum atomic E-state index is 10.2. The molecule has 0 bridgehead atoms. The Bertz CT molecular complexity index is 421. The lowest BCUT2D eigenvalue weighted by molar-refractivity contribution is 0.0902. The van der Waals surface area contributed by atoms with Gasteiger partial charge in [0.05, 0.1) is 0 Å². The van der Waals surface area contributed by atoms with Crippen molar-refractivity contribution in [3.05, 3.63) is 28.2 Å². The molecule has 2 rings (SSSR count). The monoisotopic (exact) mass is 326 g/mol. The molecule has 1 aliphatic heterocycles. The molecule has 0 radical (unpaired) electrons. The molecule has 0 spiro atoms. The van der Waals surface area contributed by atoms with E-state index in [9.17, 15) is 5.11 Å². The molecule has 1 aromatic rings. The Balaban J connectivity index is 2.27. The van der Waals surface area contributed by atoms with Gasteiger partial charge < -0.3 is 10.4 Å². The first-order valence-electron chi connectivity index (χ1n) is 7.12. The van der Waals surface area contributed by atoms with Crippen LogP contribution >= 0.6 is 15.9 Å². The fourth-order valence-corrected chi connectivity index (χ4v) is 3.16. The molecule has 1 saturated heterocycles. The van der Waals surface area contributed by atoms with Crippen molar-refractivity contribution in [1.82, 2.24) is 10.2 Å². The largest absolute Gasteiger partial charge is 0.508 e. The number of benzene rings is 1. The number of hydrogen-bond acceptors (Lipinski definition) is 3. The predicted octanol–water partition coefficient (Wildman–Crippen LogP) is 3.29. The zero-order valence-electron chi connectivity index (χ0n) is 11.7. The maximum Gasteiger partial charge on any atom is 0.120 e. The summed E-state index contributed by atoms with van der Waals surface area (Å²) in [4.78, 5) is 2.54. The Morgan fingerprint density at radius 1 is 1.42 bits per heavy atom. The molecule has 1 atom stereocenters. The van der Waals surface area contributed by atoms with E-state index in [0.717, 1.165) is 42.5 Å². The summed E-state index contributed by atoms with van der Waals surface area (Å²) in [5.41, 5.74) is 1.04. The Labute approximate surface area is 124 Å². The Morgan fingerprint density at radius 3 is 2.68 bits per heavy atom. The second kappa shape index (κ2) is 6.73. The lowest BCUT2D eigenvalue weighted by Crippen LogP contribution is -2.58. The van der Waals surface area contributed by atoms with Crippen LogP contribution in [-0.2, 0) is 0 Å². The minimum Gasteiger partial charge on any atom is -0.508 e. The highest BCUT2D eigenvalue weighted by atomic mass is 79.9. The van der Waals surface area contributed by atoms with Gasteiger partial charge in [-0.1, -0.05) is 29.8 Å². The highest BCUT2D eigenvalue weighted by molar-refractivity contribution is 9.10. The van der Waals surface area contributed by atoms with E-state index in [4.69, 9.17) is 0 Å². The third-order valence-electron chi connectivity index (χ3n) is 3.85. The van der Waals surface area contributed by atoms with E-state index >= 15 is 0 Å². The summed E-state index contributed by atoms with van der Waals surface area (Å²) in [6, 6.07) is 6.62. The van der Waals surface area contributed by atoms with Crippen molar-refractivity contribution < 1.29 is 5.11 Å². The van der Waals surface area contributed by atoms with Gasteiger partial charge in [-0.15, -0.1) is 0 Å². The van der Waals surface area contributed by atoms with E-state index in [0.29, 0.717) is 17.8 Å². The second-order valence-electron chi connectivity index (χ2n) is 5.18. The van der Waals surface area contributed by atoms with Crippen molar-refractivity contribution in [3.63, 3.8) is 0 Å². The van der Waals surface area contributed by atoms with Crippen LogP contribution in [0.2, 0.25) is 0 Å². The standard InChI is InChI=1S/C15H23BrN2O/c1-3-7-18(12-9-17-10-12)14(4-2)13-8-11(16)5-6-15(13)19/h5-6,8,12,14,17,19H,3-4,7,9-10H2,1-2H3. The van der Waals surface area contributed by atoms with Crippen LogP contribution in [-0.4, -0.2) is 35.7 Å². The second-order valence-corrected chi connectivity index (χ2v) is 6.09. The van der Waals surface area contributed by atoms with Gasteiger partial charge in [0.1, 0.15) is 5.75 Å². The molecule has 19 heavy (non-hydrogen) atoms. The van der Waals surface area contributed by atoms with Crippen molar-refractivity contribution in [2.24, 2.45) is 0 Å². The Hall–Kier alpha value is -0.580. The van der Waals surface area contributed by atoms with Gasteiger partial charge in [-0.3, -0.25) is 4.90 Å². The molecular weight excluding hydrogens is 304 g/mol. The minimum atomic E-state index is 0.296. The quantitative estimate of drug-likeness (QED) is 0.842. The molecule has 1 fully saturated rings. The summed E-state index contributed by atoms with van der Waals surface area (Å²) in [5.74, 6) is 0.406. The summed E-state index contributed by atoms with van der Waals surface area (Å²) in [5, 5.41) is 13.5. The molecule has 1 aliphatic rings. The molecule has 0 aromatic heterocycles. The summed E-state index contributed by atoms with van der Waals surface area (Å²) in [6.07, 6.45) is 2.16. The van der Waals surface area contributed by atoms with E-state index in [1.165, 1.54) is 0 Å². The molecule has 0 aliphatic carbocycles. The van der Waals surface area contributed by atoms with Crippen molar-refractivity contribution >= 4 is 15.9 Å². The smallest absolute Gasteiger partial charge is 0.120 e. The first-order chi connectivity index (χ1) is 9.17. The average molecular weight is 327 g/mol. The molecule has 1 unspecified atom stereocenters. The van der Waals surface area contributed by atoms with Gasteiger partial charge in [0.15, 0.2) is 0 Å². The SMILES string of the molecule is CCCN(C1CNC1)C(CC)c1cc(Br)ccc1O. The fourth-order valence-electron chi connectivity index (χ4n) is 2.78. The Kier molecular flexibility index (Phi) is 5.25. The normalized spacial score (nSPS) is 17.5. The van der Waals surface area contributed by atoms with Crippen molar-refractivity contribution in [2.45, 2.75) is 38.8 Å². The minimum absolute atomic E-state index is 0.296. The van der Waals surface area contributed by atoms with Gasteiger partial charge in [-0.2, -0.15) is 0 Å². The molecular formula is C15H23BrN2O. The molecule has 106 valence electrons. The lowest BCUT2D eigenvalue weighted by atomic mass is 9.97. The van der Waals surface area contributed by atoms with Gasteiger partial charge in [0.25, 0.3) is 0 Å². The summed E-state index contributed by atoms with van der Waals surface area (Å²) in [6.45, 7) is 7.61. The van der Waals surface area contributed by atoms with Gasteiger partial charge in [0, 0.05) is 35.2 Å². The number of aromatic hydroxyl groups is 1. The van der Waals surface area contributed by atoms with Gasteiger partial charge in [-0.05, 0) is 37.6 Å². The molecule has 0 saturated carbocycles. The number of halogens is 1. The fraction of sp³-hybridized carbons (Fsp3) is 0.600. The van der Waals surface area contributed by atoms with Crippen LogP contribution in [0.15, 0.2) is 22.7 Å². The number of nitrogens with zero attached hydrogens (tertiary/aromatic N) is 1. The van der Waals surface area contributed by atoms with E-state index in [2.05, 4.69) is 46.1 Å². The molecule has 2 N–H and O–H groups in total. The van der Waals surface area contributed by atoms with Crippen LogP contribution in [0, 0.1) is 0 Å². The zero-order chi connectivity index (χ0) is 13.8. The van der Waals surface area contributed by atoms with Crippen LogP contribution in [0.25, 0.3) is 0 Å². The van der Waals surface area contributed by atoms with Crippen LogP contribution < -0.4 is 5.32 Å². The molecule has 1 heterocycles. The van der Waals surface area contributed by atoms with E-state index in [1.54, 1.807) is 6.07 Å². The van der Waals surface area contributed by atoms with Crippen molar-refractivity contribution in [3.8, 4) is 5.75 Å². The van der Waals surface area contributed by atoms with Crippen LogP contribution in [0.1, 0.15) is 38.3 Å². The van der Waals surface area contributed by atoms with Crippen LogP contribution in [0.5, 0.6) is 5.75 Å². The average Bonchev–Trinajstić information content (AvgIpc) is 2.32. The maximum absolute atomic E-state index is 10.2. The summed E-state index contributed by atoms with van der Waals surface area (Å²) >= 11 is 3.51. The van der Waals surface area contributed by atoms with Crippen molar-refractivity contribution in [1.29, 1.82) is 0 Å². The highest BCUT2D eigenvalue weighted by Gasteiger charge is 2.30. The summed E-state index contributed by atoms with van der Waals surface area (Å²) < 4.78 is 1.03. The molecule has 1 aromatic carbocycles.